The molecular weight excluding hydrogens is 532 g/mol. The van der Waals surface area contributed by atoms with Crippen molar-refractivity contribution in [2.75, 3.05) is 7.05 Å². The van der Waals surface area contributed by atoms with Gasteiger partial charge in [-0.05, 0) is 102 Å². The number of imidazole rings is 1. The smallest absolute Gasteiger partial charge is 0.153 e. The summed E-state index contributed by atoms with van der Waals surface area (Å²) in [6.45, 7) is 21.5. The minimum Gasteiger partial charge on any atom is -0.507 e. The molecule has 3 heterocycles. The fourth-order valence-corrected chi connectivity index (χ4v) is 6.06. The van der Waals surface area contributed by atoms with Crippen molar-refractivity contribution in [3.8, 4) is 29.4 Å². The highest BCUT2D eigenvalue weighted by atomic mass is 16.3. The predicted molar refractivity (Wildman–Crippen MR) is 181 cm³/mol. The van der Waals surface area contributed by atoms with E-state index in [0.29, 0.717) is 16.6 Å². The number of phenolic OH excluding ortho intramolecular Hbond substituents is 1. The molecule has 1 fully saturated rings. The maximum atomic E-state index is 10.9. The largest absolute Gasteiger partial charge is 0.507 e. The monoisotopic (exact) mass is 584 g/mol. The molecule has 2 N–H and O–H groups in total. The summed E-state index contributed by atoms with van der Waals surface area (Å²) in [4.78, 5) is 4.21. The van der Waals surface area contributed by atoms with Crippen LogP contribution in [0.4, 0.5) is 0 Å². The van der Waals surface area contributed by atoms with Crippen LogP contribution in [0.25, 0.3) is 22.5 Å². The van der Waals surface area contributed by atoms with Crippen molar-refractivity contribution in [2.45, 2.75) is 99.6 Å². The number of phenols is 1. The van der Waals surface area contributed by atoms with Crippen molar-refractivity contribution < 1.29 is 5.11 Å². The highest BCUT2D eigenvalue weighted by Crippen LogP contribution is 2.36. The van der Waals surface area contributed by atoms with E-state index in [1.165, 1.54) is 12.8 Å². The molecule has 0 aliphatic carbocycles. The Morgan fingerprint density at radius 2 is 1.81 bits per heavy atom. The number of hydrogen-bond donors (Lipinski definition) is 2. The van der Waals surface area contributed by atoms with Crippen LogP contribution in [0.1, 0.15) is 94.1 Å². The summed E-state index contributed by atoms with van der Waals surface area (Å²) in [6.07, 6.45) is 14.5. The topological polar surface area (TPSA) is 87.2 Å². The zero-order valence-electron chi connectivity index (χ0n) is 28.2. The molecule has 0 saturated carbocycles. The summed E-state index contributed by atoms with van der Waals surface area (Å²) in [5, 5.41) is 27.2. The van der Waals surface area contributed by atoms with Crippen LogP contribution >= 0.6 is 0 Å². The third kappa shape index (κ3) is 9.90. The van der Waals surface area contributed by atoms with Crippen LogP contribution in [0.2, 0.25) is 0 Å². The Hall–Kier alpha value is -3.76. The average molecular weight is 585 g/mol. The first-order valence-electron chi connectivity index (χ1n) is 15.4. The third-order valence-electron chi connectivity index (χ3n) is 7.25. The maximum Gasteiger partial charge on any atom is 0.153 e. The molecule has 4 rings (SSSR count). The molecule has 1 aromatic carbocycles. The first kappa shape index (κ1) is 35.4. The minimum absolute atomic E-state index is 0.140. The fourth-order valence-electron chi connectivity index (χ4n) is 6.06. The standard InChI is InChI=1S/C24H25N5O.C10H21N.C2H6/c1-6-17(7-2)20(15-22(16(3)4)27-25-5)19-9-8-18(14-23(19)30)21-10-11-24-26-12-13-29(24)28-21;1-8-6-9(2,3)11-10(4,5)7-8;1-2/h1,8-15,17,30H,7H2,2-5H3;8,11H,6-7H2,1-5H3;1-2H3/b20-15+,27-25?;;. The molecule has 0 spiro atoms. The third-order valence-corrected chi connectivity index (χ3v) is 7.25. The van der Waals surface area contributed by atoms with Crippen LogP contribution < -0.4 is 5.32 Å². The van der Waals surface area contributed by atoms with E-state index in [9.17, 15) is 5.11 Å². The van der Waals surface area contributed by atoms with E-state index in [1.54, 1.807) is 30.0 Å². The molecule has 7 nitrogen and oxygen atoms in total. The molecule has 232 valence electrons. The molecule has 3 aromatic rings. The van der Waals surface area contributed by atoms with E-state index in [4.69, 9.17) is 6.42 Å². The SMILES string of the molecule is C#CC(CC)/C(=C\C(N=NC)=C(C)C)c1ccc(-c2ccc3nccn3n2)cc1O.CC.CC1CC(C)(C)NC(C)(C)C1. The second-order valence-corrected chi connectivity index (χ2v) is 12.5. The number of aromatic hydroxyl groups is 1. The minimum atomic E-state index is -0.163. The van der Waals surface area contributed by atoms with Gasteiger partial charge in [-0.2, -0.15) is 15.3 Å². The molecule has 1 aliphatic heterocycles. The van der Waals surface area contributed by atoms with Gasteiger partial charge in [0.1, 0.15) is 5.75 Å². The number of nitrogens with one attached hydrogen (secondary N) is 1. The molecule has 0 radical (unpaired) electrons. The van der Waals surface area contributed by atoms with E-state index < -0.39 is 0 Å². The van der Waals surface area contributed by atoms with E-state index >= 15 is 0 Å². The van der Waals surface area contributed by atoms with Gasteiger partial charge in [0.15, 0.2) is 5.65 Å². The molecule has 1 unspecified atom stereocenters. The van der Waals surface area contributed by atoms with Crippen LogP contribution in [0, 0.1) is 24.2 Å². The highest BCUT2D eigenvalue weighted by Gasteiger charge is 2.35. The van der Waals surface area contributed by atoms with Gasteiger partial charge in [0.05, 0.1) is 11.4 Å². The molecule has 43 heavy (non-hydrogen) atoms. The number of nitrogens with zero attached hydrogens (tertiary/aromatic N) is 5. The van der Waals surface area contributed by atoms with E-state index in [-0.39, 0.29) is 11.7 Å². The van der Waals surface area contributed by atoms with Crippen LogP contribution in [0.15, 0.2) is 70.3 Å². The number of azo groups is 1. The zero-order valence-corrected chi connectivity index (χ0v) is 28.2. The van der Waals surface area contributed by atoms with Gasteiger partial charge in [0.2, 0.25) is 0 Å². The summed E-state index contributed by atoms with van der Waals surface area (Å²) in [5.41, 5.74) is 6.24. The van der Waals surface area contributed by atoms with Gasteiger partial charge < -0.3 is 10.4 Å². The van der Waals surface area contributed by atoms with Crippen molar-refractivity contribution in [1.29, 1.82) is 0 Å². The lowest BCUT2D eigenvalue weighted by molar-refractivity contribution is 0.138. The lowest BCUT2D eigenvalue weighted by Crippen LogP contribution is -2.57. The van der Waals surface area contributed by atoms with Crippen LogP contribution in [-0.2, 0) is 0 Å². The fraction of sp³-hybridized carbons (Fsp3) is 0.500. The number of aromatic nitrogens is 3. The summed E-state index contributed by atoms with van der Waals surface area (Å²) < 4.78 is 1.70. The van der Waals surface area contributed by atoms with Crippen molar-refractivity contribution in [2.24, 2.45) is 22.1 Å². The van der Waals surface area contributed by atoms with Gasteiger partial charge in [-0.15, -0.1) is 6.42 Å². The Morgan fingerprint density at radius 1 is 1.16 bits per heavy atom. The summed E-state index contributed by atoms with van der Waals surface area (Å²) in [5.74, 6) is 3.67. The maximum absolute atomic E-state index is 10.9. The first-order chi connectivity index (χ1) is 20.3. The Balaban J connectivity index is 0.000000415. The lowest BCUT2D eigenvalue weighted by Gasteiger charge is -2.45. The Morgan fingerprint density at radius 3 is 2.33 bits per heavy atom. The molecular formula is C36H52N6O. The number of piperidine rings is 1. The quantitative estimate of drug-likeness (QED) is 0.172. The summed E-state index contributed by atoms with van der Waals surface area (Å²) in [6, 6.07) is 9.29. The van der Waals surface area contributed by atoms with E-state index in [0.717, 1.165) is 46.1 Å². The first-order valence-corrected chi connectivity index (χ1v) is 15.4. The lowest BCUT2D eigenvalue weighted by atomic mass is 9.77. The second kappa shape index (κ2) is 15.6. The molecule has 1 saturated heterocycles. The van der Waals surface area contributed by atoms with E-state index in [1.807, 2.05) is 65.0 Å². The number of hydrogen-bond acceptors (Lipinski definition) is 6. The van der Waals surface area contributed by atoms with Gasteiger partial charge in [0, 0.05) is 47.6 Å². The van der Waals surface area contributed by atoms with Crippen molar-refractivity contribution in [3.63, 3.8) is 0 Å². The molecule has 2 aromatic heterocycles. The van der Waals surface area contributed by atoms with Crippen molar-refractivity contribution in [1.82, 2.24) is 19.9 Å². The highest BCUT2D eigenvalue weighted by molar-refractivity contribution is 5.78. The average Bonchev–Trinajstić information content (AvgIpc) is 3.40. The van der Waals surface area contributed by atoms with Crippen LogP contribution in [0.3, 0.4) is 0 Å². The Bertz CT molecular complexity index is 1460. The van der Waals surface area contributed by atoms with Gasteiger partial charge in [-0.3, -0.25) is 0 Å². The van der Waals surface area contributed by atoms with Gasteiger partial charge in [-0.25, -0.2) is 9.50 Å². The normalized spacial score (nSPS) is 16.8. The van der Waals surface area contributed by atoms with Crippen LogP contribution in [0.5, 0.6) is 5.75 Å². The molecule has 0 amide bonds. The second-order valence-electron chi connectivity index (χ2n) is 12.5. The number of rotatable bonds is 6. The van der Waals surface area contributed by atoms with Crippen molar-refractivity contribution in [3.05, 3.63) is 65.6 Å². The van der Waals surface area contributed by atoms with E-state index in [2.05, 4.69) is 66.2 Å². The Labute approximate surface area is 259 Å². The Kier molecular flexibility index (Phi) is 12.9. The zero-order chi connectivity index (χ0) is 32.4. The summed E-state index contributed by atoms with van der Waals surface area (Å²) >= 11 is 0. The summed E-state index contributed by atoms with van der Waals surface area (Å²) in [7, 11) is 1.63. The number of benzene rings is 1. The van der Waals surface area contributed by atoms with Gasteiger partial charge >= 0.3 is 0 Å². The number of allylic oxidation sites excluding steroid dienone is 3. The molecule has 0 bridgehead atoms. The van der Waals surface area contributed by atoms with Crippen LogP contribution in [-0.4, -0.2) is 37.8 Å². The van der Waals surface area contributed by atoms with Gasteiger partial charge in [0.25, 0.3) is 0 Å². The van der Waals surface area contributed by atoms with Crippen molar-refractivity contribution >= 4 is 11.2 Å². The molecule has 1 atom stereocenters. The molecule has 7 heteroatoms. The number of fused-ring (bicyclic) bond motifs is 1. The number of terminal acetylenes is 1. The van der Waals surface area contributed by atoms with Gasteiger partial charge in [-0.1, -0.05) is 45.7 Å². The predicted octanol–water partition coefficient (Wildman–Crippen LogP) is 9.11. The molecule has 1 aliphatic rings.